The second-order valence-electron chi connectivity index (χ2n) is 5.07. The van der Waals surface area contributed by atoms with Crippen molar-refractivity contribution in [3.63, 3.8) is 0 Å². The molecule has 1 aliphatic heterocycles. The van der Waals surface area contributed by atoms with Gasteiger partial charge in [0.2, 0.25) is 0 Å². The Bertz CT molecular complexity index is 179. The second kappa shape index (κ2) is 7.22. The highest BCUT2D eigenvalue weighted by molar-refractivity contribution is 4.86. The minimum absolute atomic E-state index is 0.259. The molecule has 16 heavy (non-hydrogen) atoms. The van der Waals surface area contributed by atoms with Crippen molar-refractivity contribution in [3.8, 4) is 0 Å². The van der Waals surface area contributed by atoms with Gasteiger partial charge in [0.1, 0.15) is 0 Å². The molecule has 0 amide bonds. The molecule has 0 aromatic carbocycles. The van der Waals surface area contributed by atoms with E-state index in [1.54, 1.807) is 7.11 Å². The first-order valence-electron chi connectivity index (χ1n) is 6.32. The van der Waals surface area contributed by atoms with Crippen LogP contribution in [-0.2, 0) is 4.74 Å². The lowest BCUT2D eigenvalue weighted by atomic mass is 10.0. The molecule has 4 nitrogen and oxygen atoms in total. The third kappa shape index (κ3) is 4.78. The summed E-state index contributed by atoms with van der Waals surface area (Å²) in [6.07, 6.45) is 1.09. The highest BCUT2D eigenvalue weighted by Crippen LogP contribution is 2.13. The average Bonchev–Trinajstić information content (AvgIpc) is 2.30. The molecule has 0 spiro atoms. The summed E-state index contributed by atoms with van der Waals surface area (Å²) in [5, 5.41) is 6.91. The van der Waals surface area contributed by atoms with E-state index >= 15 is 0 Å². The molecule has 0 atom stereocenters. The van der Waals surface area contributed by atoms with Crippen LogP contribution in [0.15, 0.2) is 0 Å². The molecular formula is C12H27N3O. The lowest BCUT2D eigenvalue weighted by Gasteiger charge is -2.41. The van der Waals surface area contributed by atoms with Crippen molar-refractivity contribution in [1.29, 1.82) is 0 Å². The molecule has 0 unspecified atom stereocenters. The van der Waals surface area contributed by atoms with Crippen molar-refractivity contribution in [2.75, 3.05) is 53.0 Å². The van der Waals surface area contributed by atoms with Gasteiger partial charge in [-0.2, -0.15) is 0 Å². The van der Waals surface area contributed by atoms with Crippen molar-refractivity contribution in [3.05, 3.63) is 0 Å². The van der Waals surface area contributed by atoms with Gasteiger partial charge in [-0.1, -0.05) is 0 Å². The van der Waals surface area contributed by atoms with E-state index in [2.05, 4.69) is 29.4 Å². The lowest BCUT2D eigenvalue weighted by Crippen LogP contribution is -2.57. The second-order valence-corrected chi connectivity index (χ2v) is 5.07. The van der Waals surface area contributed by atoms with Gasteiger partial charge in [-0.25, -0.2) is 0 Å². The molecule has 0 saturated carbocycles. The van der Waals surface area contributed by atoms with E-state index in [9.17, 15) is 0 Å². The Balaban J connectivity index is 2.16. The van der Waals surface area contributed by atoms with Gasteiger partial charge in [0.25, 0.3) is 0 Å². The predicted molar refractivity (Wildman–Crippen MR) is 67.9 cm³/mol. The molecule has 1 rings (SSSR count). The number of ether oxygens (including phenoxy) is 1. The fourth-order valence-electron chi connectivity index (χ4n) is 2.12. The fourth-order valence-corrected chi connectivity index (χ4v) is 2.12. The van der Waals surface area contributed by atoms with Gasteiger partial charge in [-0.15, -0.1) is 0 Å². The molecule has 0 bridgehead atoms. The highest BCUT2D eigenvalue weighted by atomic mass is 16.5. The molecular weight excluding hydrogens is 202 g/mol. The van der Waals surface area contributed by atoms with E-state index in [0.717, 1.165) is 52.3 Å². The summed E-state index contributed by atoms with van der Waals surface area (Å²) < 4.78 is 5.03. The van der Waals surface area contributed by atoms with Crippen LogP contribution in [0.25, 0.3) is 0 Å². The van der Waals surface area contributed by atoms with E-state index in [0.29, 0.717) is 0 Å². The van der Waals surface area contributed by atoms with E-state index in [4.69, 9.17) is 4.74 Å². The maximum atomic E-state index is 5.03. The van der Waals surface area contributed by atoms with Crippen molar-refractivity contribution < 1.29 is 4.74 Å². The monoisotopic (exact) mass is 229 g/mol. The summed E-state index contributed by atoms with van der Waals surface area (Å²) in [7, 11) is 1.75. The van der Waals surface area contributed by atoms with Gasteiger partial charge in [0.15, 0.2) is 0 Å². The molecule has 0 radical (unpaired) electrons. The summed E-state index contributed by atoms with van der Waals surface area (Å²) in [5.41, 5.74) is 0.259. The van der Waals surface area contributed by atoms with Crippen molar-refractivity contribution >= 4 is 0 Å². The largest absolute Gasteiger partial charge is 0.385 e. The molecule has 1 heterocycles. The SMILES string of the molecule is COCCCNCC(C)(C)N1CCNCC1. The van der Waals surface area contributed by atoms with Crippen LogP contribution >= 0.6 is 0 Å². The van der Waals surface area contributed by atoms with Gasteiger partial charge in [0, 0.05) is 52.0 Å². The fraction of sp³-hybridized carbons (Fsp3) is 1.00. The van der Waals surface area contributed by atoms with Crippen molar-refractivity contribution in [1.82, 2.24) is 15.5 Å². The van der Waals surface area contributed by atoms with Crippen LogP contribution in [0.2, 0.25) is 0 Å². The third-order valence-electron chi connectivity index (χ3n) is 3.23. The molecule has 4 heteroatoms. The molecule has 1 aliphatic rings. The zero-order valence-electron chi connectivity index (χ0n) is 11.0. The number of methoxy groups -OCH3 is 1. The van der Waals surface area contributed by atoms with Gasteiger partial charge in [-0.3, -0.25) is 4.90 Å². The first-order valence-corrected chi connectivity index (χ1v) is 6.32. The zero-order chi connectivity index (χ0) is 11.9. The number of rotatable bonds is 7. The molecule has 0 aromatic heterocycles. The number of piperazine rings is 1. The Kier molecular flexibility index (Phi) is 6.28. The summed E-state index contributed by atoms with van der Waals surface area (Å²) in [5.74, 6) is 0. The predicted octanol–water partition coefficient (Wildman–Crippen LogP) is 0.296. The minimum atomic E-state index is 0.259. The first-order chi connectivity index (χ1) is 7.67. The van der Waals surface area contributed by atoms with E-state index in [1.807, 2.05) is 0 Å². The van der Waals surface area contributed by atoms with Crippen LogP contribution in [0.1, 0.15) is 20.3 Å². The number of hydrogen-bond acceptors (Lipinski definition) is 4. The lowest BCUT2D eigenvalue weighted by molar-refractivity contribution is 0.101. The van der Waals surface area contributed by atoms with Crippen LogP contribution in [0.5, 0.6) is 0 Å². The van der Waals surface area contributed by atoms with Crippen LogP contribution in [-0.4, -0.2) is 63.4 Å². The van der Waals surface area contributed by atoms with Crippen LogP contribution in [0, 0.1) is 0 Å². The Morgan fingerprint density at radius 2 is 2.00 bits per heavy atom. The Labute approximate surface area is 99.7 Å². The average molecular weight is 229 g/mol. The van der Waals surface area contributed by atoms with Crippen LogP contribution in [0.4, 0.5) is 0 Å². The van der Waals surface area contributed by atoms with E-state index in [1.165, 1.54) is 0 Å². The molecule has 0 aromatic rings. The summed E-state index contributed by atoms with van der Waals surface area (Å²) >= 11 is 0. The molecule has 1 saturated heterocycles. The maximum Gasteiger partial charge on any atom is 0.0474 e. The number of hydrogen-bond donors (Lipinski definition) is 2. The maximum absolute atomic E-state index is 5.03. The van der Waals surface area contributed by atoms with E-state index < -0.39 is 0 Å². The Morgan fingerprint density at radius 1 is 1.31 bits per heavy atom. The summed E-state index contributed by atoms with van der Waals surface area (Å²) in [6.45, 7) is 12.1. The normalized spacial score (nSPS) is 18.9. The summed E-state index contributed by atoms with van der Waals surface area (Å²) in [6, 6.07) is 0. The number of nitrogens with zero attached hydrogens (tertiary/aromatic N) is 1. The topological polar surface area (TPSA) is 36.5 Å². The van der Waals surface area contributed by atoms with Crippen molar-refractivity contribution in [2.45, 2.75) is 25.8 Å². The van der Waals surface area contributed by atoms with Crippen LogP contribution < -0.4 is 10.6 Å². The minimum Gasteiger partial charge on any atom is -0.385 e. The molecule has 1 fully saturated rings. The smallest absolute Gasteiger partial charge is 0.0474 e. The summed E-state index contributed by atoms with van der Waals surface area (Å²) in [4.78, 5) is 2.56. The zero-order valence-corrected chi connectivity index (χ0v) is 11.0. The molecule has 2 N–H and O–H groups in total. The van der Waals surface area contributed by atoms with Crippen LogP contribution in [0.3, 0.4) is 0 Å². The van der Waals surface area contributed by atoms with Gasteiger partial charge < -0.3 is 15.4 Å². The third-order valence-corrected chi connectivity index (χ3v) is 3.23. The van der Waals surface area contributed by atoms with Gasteiger partial charge >= 0.3 is 0 Å². The van der Waals surface area contributed by atoms with Crippen molar-refractivity contribution in [2.24, 2.45) is 0 Å². The Morgan fingerprint density at radius 3 is 2.62 bits per heavy atom. The number of nitrogens with one attached hydrogen (secondary N) is 2. The highest BCUT2D eigenvalue weighted by Gasteiger charge is 2.26. The molecule has 96 valence electrons. The Hall–Kier alpha value is -0.160. The molecule has 0 aliphatic carbocycles. The quantitative estimate of drug-likeness (QED) is 0.616. The van der Waals surface area contributed by atoms with E-state index in [-0.39, 0.29) is 5.54 Å². The van der Waals surface area contributed by atoms with Gasteiger partial charge in [0.05, 0.1) is 0 Å². The standard InChI is InChI=1S/C12H27N3O/c1-12(2,11-14-5-4-10-16-3)15-8-6-13-7-9-15/h13-14H,4-11H2,1-3H3. The first kappa shape index (κ1) is 13.9. The van der Waals surface area contributed by atoms with Gasteiger partial charge in [-0.05, 0) is 26.8 Å².